The molecule has 0 amide bonds. The minimum Gasteiger partial charge on any atom is -0.295 e. The molecule has 1 fully saturated rings. The Balaban J connectivity index is 1.86. The summed E-state index contributed by atoms with van der Waals surface area (Å²) in [6.07, 6.45) is 21.4. The Kier molecular flexibility index (Phi) is 8.54. The van der Waals surface area contributed by atoms with Gasteiger partial charge in [-0.25, -0.2) is 0 Å². The van der Waals surface area contributed by atoms with Crippen LogP contribution in [0.2, 0.25) is 0 Å². The molecule has 2 aliphatic carbocycles. The molecule has 0 spiro atoms. The summed E-state index contributed by atoms with van der Waals surface area (Å²) in [6, 6.07) is 0. The van der Waals surface area contributed by atoms with Crippen LogP contribution < -0.4 is 0 Å². The van der Waals surface area contributed by atoms with Crippen molar-refractivity contribution in [3.63, 3.8) is 0 Å². The van der Waals surface area contributed by atoms with E-state index in [-0.39, 0.29) is 10.1 Å². The molecule has 0 N–H and O–H groups in total. The Bertz CT molecular complexity index is 647. The molecule has 0 radical (unpaired) electrons. The summed E-state index contributed by atoms with van der Waals surface area (Å²) in [4.78, 5) is 12.2. The van der Waals surface area contributed by atoms with Crippen LogP contribution in [-0.2, 0) is 4.79 Å². The number of ketones is 1. The number of hydrogen-bond donors (Lipinski definition) is 0. The summed E-state index contributed by atoms with van der Waals surface area (Å²) in [5.74, 6) is 1.73. The number of carbonyl (C=O) groups is 1. The van der Waals surface area contributed by atoms with Crippen LogP contribution in [0.5, 0.6) is 0 Å². The zero-order chi connectivity index (χ0) is 19.9. The molecule has 0 aromatic rings. The average Bonchev–Trinajstić information content (AvgIpc) is 2.63. The van der Waals surface area contributed by atoms with E-state index in [4.69, 9.17) is 0 Å². The highest BCUT2D eigenvalue weighted by Crippen LogP contribution is 2.47. The van der Waals surface area contributed by atoms with E-state index in [9.17, 15) is 4.79 Å². The van der Waals surface area contributed by atoms with Gasteiger partial charge in [0.05, 0.1) is 0 Å². The zero-order valence-corrected chi connectivity index (χ0v) is 18.8. The first-order valence-corrected chi connectivity index (χ1v) is 11.2. The molecule has 1 saturated carbocycles. The Labute approximate surface area is 174 Å². The second kappa shape index (κ2) is 10.4. The van der Waals surface area contributed by atoms with Gasteiger partial charge in [-0.05, 0) is 63.4 Å². The third kappa shape index (κ3) is 6.75. The number of hydrogen-bond acceptors (Lipinski definition) is 1. The molecule has 148 valence electrons. The highest BCUT2D eigenvalue weighted by molar-refractivity contribution is 9.10. The van der Waals surface area contributed by atoms with Crippen molar-refractivity contribution in [2.75, 3.05) is 0 Å². The van der Waals surface area contributed by atoms with E-state index in [0.717, 1.165) is 38.5 Å². The molecule has 3 unspecified atom stereocenters. The molecular weight excluding hydrogens is 396 g/mol. The Morgan fingerprint density at radius 1 is 1.37 bits per heavy atom. The molecule has 0 aromatic heterocycles. The monoisotopic (exact) mass is 430 g/mol. The van der Waals surface area contributed by atoms with Gasteiger partial charge in [0.15, 0.2) is 5.78 Å². The molecule has 27 heavy (non-hydrogen) atoms. The molecule has 0 aromatic carbocycles. The lowest BCUT2D eigenvalue weighted by Gasteiger charge is -2.41. The molecule has 2 rings (SSSR count). The molecule has 0 bridgehead atoms. The van der Waals surface area contributed by atoms with Gasteiger partial charge in [0, 0.05) is 16.7 Å². The van der Waals surface area contributed by atoms with Crippen LogP contribution in [0.1, 0.15) is 65.7 Å². The zero-order valence-electron chi connectivity index (χ0n) is 17.2. The van der Waals surface area contributed by atoms with Crippen molar-refractivity contribution in [1.29, 1.82) is 0 Å². The van der Waals surface area contributed by atoms with Gasteiger partial charge < -0.3 is 0 Å². The summed E-state index contributed by atoms with van der Waals surface area (Å²) < 4.78 is 0.168. The van der Waals surface area contributed by atoms with Gasteiger partial charge in [-0.3, -0.25) is 4.79 Å². The van der Waals surface area contributed by atoms with Crippen molar-refractivity contribution in [1.82, 2.24) is 0 Å². The maximum Gasteiger partial charge on any atom is 0.155 e. The number of carbonyl (C=O) groups excluding carboxylic acids is 1. The molecule has 0 aliphatic heterocycles. The molecular formula is C25H35BrO. The topological polar surface area (TPSA) is 17.1 Å². The summed E-state index contributed by atoms with van der Waals surface area (Å²) in [6.45, 7) is 11.2. The lowest BCUT2D eigenvalue weighted by molar-refractivity contribution is -0.114. The van der Waals surface area contributed by atoms with Crippen molar-refractivity contribution in [3.8, 4) is 0 Å². The van der Waals surface area contributed by atoms with E-state index in [1.54, 1.807) is 6.08 Å². The molecule has 4 atom stereocenters. The smallest absolute Gasteiger partial charge is 0.155 e. The standard InChI is InChI=1S/C25H35BrO/c1-5-10-22(24-17-20(3)25(4,26)18-19(24)2)13-9-14-23(27)16-15-21-11-7-6-8-12-21/h6-8,10-11,15-16,20-21,24H,2,5,9,12-14,17-18H2,1,3-4H3/b16-15+,22-10+/t20?,21-,24?,25?/m0/s1. The van der Waals surface area contributed by atoms with Crippen molar-refractivity contribution in [3.05, 3.63) is 60.3 Å². The predicted octanol–water partition coefficient (Wildman–Crippen LogP) is 7.51. The van der Waals surface area contributed by atoms with Crippen LogP contribution in [0, 0.1) is 17.8 Å². The van der Waals surface area contributed by atoms with Gasteiger partial charge in [0.1, 0.15) is 0 Å². The van der Waals surface area contributed by atoms with E-state index in [2.05, 4.69) is 73.7 Å². The van der Waals surface area contributed by atoms with Crippen LogP contribution in [0.3, 0.4) is 0 Å². The third-order valence-electron chi connectivity index (χ3n) is 6.03. The highest BCUT2D eigenvalue weighted by atomic mass is 79.9. The van der Waals surface area contributed by atoms with Crippen molar-refractivity contribution >= 4 is 21.7 Å². The predicted molar refractivity (Wildman–Crippen MR) is 121 cm³/mol. The Morgan fingerprint density at radius 3 is 2.81 bits per heavy atom. The molecule has 0 heterocycles. The second-order valence-electron chi connectivity index (χ2n) is 8.38. The van der Waals surface area contributed by atoms with Gasteiger partial charge in [0.25, 0.3) is 0 Å². The van der Waals surface area contributed by atoms with Gasteiger partial charge in [-0.15, -0.1) is 0 Å². The number of rotatable bonds is 8. The van der Waals surface area contributed by atoms with Crippen molar-refractivity contribution in [2.24, 2.45) is 17.8 Å². The largest absolute Gasteiger partial charge is 0.295 e. The summed E-state index contributed by atoms with van der Waals surface area (Å²) in [5, 5.41) is 0. The van der Waals surface area contributed by atoms with Crippen molar-refractivity contribution < 1.29 is 4.79 Å². The van der Waals surface area contributed by atoms with Gasteiger partial charge in [0.2, 0.25) is 0 Å². The number of halogens is 1. The fraction of sp³-hybridized carbons (Fsp3) is 0.560. The van der Waals surface area contributed by atoms with Gasteiger partial charge in [-0.2, -0.15) is 0 Å². The van der Waals surface area contributed by atoms with E-state index in [1.807, 2.05) is 6.08 Å². The van der Waals surface area contributed by atoms with Crippen LogP contribution >= 0.6 is 15.9 Å². The molecule has 2 heteroatoms. The summed E-state index contributed by atoms with van der Waals surface area (Å²) >= 11 is 3.89. The first-order valence-electron chi connectivity index (χ1n) is 10.4. The van der Waals surface area contributed by atoms with Crippen LogP contribution in [0.4, 0.5) is 0 Å². The second-order valence-corrected chi connectivity index (χ2v) is 10.2. The fourth-order valence-corrected chi connectivity index (χ4v) is 4.67. The van der Waals surface area contributed by atoms with E-state index in [0.29, 0.717) is 24.2 Å². The normalized spacial score (nSPS) is 31.6. The molecule has 2 aliphatic rings. The van der Waals surface area contributed by atoms with Gasteiger partial charge >= 0.3 is 0 Å². The van der Waals surface area contributed by atoms with Crippen LogP contribution in [0.15, 0.2) is 60.3 Å². The Hall–Kier alpha value is -1.15. The quantitative estimate of drug-likeness (QED) is 0.221. The maximum absolute atomic E-state index is 12.2. The Morgan fingerprint density at radius 2 is 2.15 bits per heavy atom. The number of alkyl halides is 1. The summed E-state index contributed by atoms with van der Waals surface area (Å²) in [5.41, 5.74) is 2.84. The lowest BCUT2D eigenvalue weighted by atomic mass is 9.69. The fourth-order valence-electron chi connectivity index (χ4n) is 4.13. The highest BCUT2D eigenvalue weighted by Gasteiger charge is 2.38. The van der Waals surface area contributed by atoms with Crippen LogP contribution in [0.25, 0.3) is 0 Å². The first-order chi connectivity index (χ1) is 12.8. The third-order valence-corrected chi connectivity index (χ3v) is 7.09. The van der Waals surface area contributed by atoms with Gasteiger partial charge in [-0.1, -0.05) is 84.0 Å². The minimum atomic E-state index is 0.168. The maximum atomic E-state index is 12.2. The first kappa shape index (κ1) is 22.1. The lowest BCUT2D eigenvalue weighted by Crippen LogP contribution is -2.35. The molecule has 1 nitrogen and oxygen atoms in total. The SMILES string of the molecule is C=C1CC(C)(Br)C(C)CC1/C(=C/CC)CCCC(=O)/C=C/[C@H]1C=CC=CC1. The van der Waals surface area contributed by atoms with E-state index in [1.165, 1.54) is 11.1 Å². The van der Waals surface area contributed by atoms with Crippen molar-refractivity contribution in [2.45, 2.75) is 70.0 Å². The number of allylic oxidation sites excluding steroid dienone is 9. The summed E-state index contributed by atoms with van der Waals surface area (Å²) in [7, 11) is 0. The van der Waals surface area contributed by atoms with Crippen LogP contribution in [-0.4, -0.2) is 10.1 Å². The average molecular weight is 431 g/mol. The van der Waals surface area contributed by atoms with E-state index >= 15 is 0 Å². The molecule has 0 saturated heterocycles. The van der Waals surface area contributed by atoms with E-state index < -0.39 is 0 Å². The minimum absolute atomic E-state index is 0.168.